The Kier molecular flexibility index (Phi) is 5.50. The molecule has 2 heterocycles. The Bertz CT molecular complexity index is 1010. The number of benzene rings is 1. The summed E-state index contributed by atoms with van der Waals surface area (Å²) in [6.07, 6.45) is 3.13. The van der Waals surface area contributed by atoms with E-state index in [0.717, 1.165) is 12.1 Å². The van der Waals surface area contributed by atoms with Crippen LogP contribution in [0.25, 0.3) is 11.3 Å². The highest BCUT2D eigenvalue weighted by Crippen LogP contribution is 2.15. The number of rotatable bonds is 6. The second-order valence-electron chi connectivity index (χ2n) is 5.41. The summed E-state index contributed by atoms with van der Waals surface area (Å²) in [6, 6.07) is 7.89. The number of halogens is 2. The molecule has 0 radical (unpaired) electrons. The number of hydrogen-bond acceptors (Lipinski definition) is 5. The maximum atomic E-state index is 13.1. The number of nitrogens with one attached hydrogen (secondary N) is 2. The second kappa shape index (κ2) is 8.17. The zero-order chi connectivity index (χ0) is 19.2. The molecule has 1 amide bonds. The minimum absolute atomic E-state index is 0.0109. The van der Waals surface area contributed by atoms with Crippen molar-refractivity contribution in [3.63, 3.8) is 0 Å². The van der Waals surface area contributed by atoms with E-state index < -0.39 is 23.1 Å². The maximum absolute atomic E-state index is 13.1. The zero-order valence-electron chi connectivity index (χ0n) is 13.9. The summed E-state index contributed by atoms with van der Waals surface area (Å²) in [4.78, 5) is 28.0. The average Bonchev–Trinajstić information content (AvgIpc) is 2.69. The van der Waals surface area contributed by atoms with Gasteiger partial charge in [0.1, 0.15) is 17.9 Å². The van der Waals surface area contributed by atoms with Crippen molar-refractivity contribution in [1.29, 1.82) is 0 Å². The number of H-pyrrole nitrogens is 1. The molecule has 1 aromatic carbocycles. The highest BCUT2D eigenvalue weighted by atomic mass is 19.2. The lowest BCUT2D eigenvalue weighted by Crippen LogP contribution is -2.32. The highest BCUT2D eigenvalue weighted by molar-refractivity contribution is 5.94. The first-order valence-electron chi connectivity index (χ1n) is 7.91. The first-order chi connectivity index (χ1) is 13.0. The number of carbonyl (C=O) groups is 1. The number of nitrogens with zero attached hydrogens (tertiary/aromatic N) is 2. The third-order valence-electron chi connectivity index (χ3n) is 3.57. The number of aromatic nitrogens is 3. The van der Waals surface area contributed by atoms with E-state index in [1.54, 1.807) is 24.5 Å². The van der Waals surface area contributed by atoms with E-state index in [4.69, 9.17) is 4.74 Å². The average molecular weight is 372 g/mol. The third-order valence-corrected chi connectivity index (χ3v) is 3.57. The molecule has 138 valence electrons. The van der Waals surface area contributed by atoms with Crippen LogP contribution in [0.1, 0.15) is 10.4 Å². The molecule has 0 saturated heterocycles. The topological polar surface area (TPSA) is 97.0 Å². The molecule has 2 aromatic heterocycles. The number of hydrogen-bond donors (Lipinski definition) is 2. The van der Waals surface area contributed by atoms with E-state index in [0.29, 0.717) is 11.3 Å². The van der Waals surface area contributed by atoms with Crippen LogP contribution in [0.15, 0.2) is 53.6 Å². The van der Waals surface area contributed by atoms with Crippen LogP contribution < -0.4 is 15.6 Å². The van der Waals surface area contributed by atoms with Gasteiger partial charge >= 0.3 is 0 Å². The van der Waals surface area contributed by atoms with Crippen molar-refractivity contribution >= 4 is 5.91 Å². The lowest BCUT2D eigenvalue weighted by molar-refractivity contribution is 0.0945. The summed E-state index contributed by atoms with van der Waals surface area (Å²) < 4.78 is 31.2. The van der Waals surface area contributed by atoms with Gasteiger partial charge in [0.25, 0.3) is 11.5 Å². The molecule has 9 heteroatoms. The minimum Gasteiger partial charge on any atom is -0.492 e. The van der Waals surface area contributed by atoms with Gasteiger partial charge in [-0.2, -0.15) is 5.10 Å². The van der Waals surface area contributed by atoms with Crippen molar-refractivity contribution in [2.24, 2.45) is 0 Å². The molecule has 0 aliphatic carbocycles. The monoisotopic (exact) mass is 372 g/mol. The van der Waals surface area contributed by atoms with Crippen LogP contribution in [0.5, 0.6) is 5.75 Å². The Balaban J connectivity index is 1.61. The van der Waals surface area contributed by atoms with Gasteiger partial charge in [-0.1, -0.05) is 0 Å². The predicted octanol–water partition coefficient (Wildman–Crippen LogP) is 1.92. The first kappa shape index (κ1) is 18.2. The van der Waals surface area contributed by atoms with E-state index in [1.165, 1.54) is 12.1 Å². The van der Waals surface area contributed by atoms with Crippen LogP contribution in [-0.4, -0.2) is 34.2 Å². The summed E-state index contributed by atoms with van der Waals surface area (Å²) in [7, 11) is 0. The molecular formula is C18H14F2N4O3. The summed E-state index contributed by atoms with van der Waals surface area (Å²) in [5.41, 5.74) is 0.369. The van der Waals surface area contributed by atoms with Crippen LogP contribution in [0.2, 0.25) is 0 Å². The molecule has 0 saturated carbocycles. The van der Waals surface area contributed by atoms with E-state index in [9.17, 15) is 18.4 Å². The van der Waals surface area contributed by atoms with Gasteiger partial charge in [-0.05, 0) is 30.3 Å². The van der Waals surface area contributed by atoms with Crippen molar-refractivity contribution < 1.29 is 18.3 Å². The van der Waals surface area contributed by atoms with Crippen LogP contribution in [0, 0.1) is 11.6 Å². The molecule has 0 fully saturated rings. The summed E-state index contributed by atoms with van der Waals surface area (Å²) in [5.74, 6) is -2.48. The lowest BCUT2D eigenvalue weighted by Gasteiger charge is -2.08. The van der Waals surface area contributed by atoms with Crippen molar-refractivity contribution in [3.05, 3.63) is 76.3 Å². The van der Waals surface area contributed by atoms with Crippen LogP contribution in [-0.2, 0) is 0 Å². The second-order valence-corrected chi connectivity index (χ2v) is 5.41. The van der Waals surface area contributed by atoms with E-state index in [1.807, 2.05) is 0 Å². The molecule has 0 unspecified atom stereocenters. The van der Waals surface area contributed by atoms with Gasteiger partial charge < -0.3 is 10.1 Å². The van der Waals surface area contributed by atoms with Gasteiger partial charge in [-0.15, -0.1) is 0 Å². The Labute approximate surface area is 152 Å². The van der Waals surface area contributed by atoms with Crippen molar-refractivity contribution in [1.82, 2.24) is 20.5 Å². The predicted molar refractivity (Wildman–Crippen MR) is 92.3 cm³/mol. The zero-order valence-corrected chi connectivity index (χ0v) is 13.9. The molecule has 0 aliphatic heterocycles. The molecule has 0 spiro atoms. The number of carbonyl (C=O) groups excluding carboxylic acids is 1. The standard InChI is InChI=1S/C18H14F2N4O3/c19-14-2-1-12(9-15(14)20)27-8-7-22-17(25)13-10-16(23-24-18(13)26)11-3-5-21-6-4-11/h1-6,9-10H,7-8H2,(H,22,25)(H,24,26). The Morgan fingerprint density at radius 2 is 1.89 bits per heavy atom. The molecule has 27 heavy (non-hydrogen) atoms. The fourth-order valence-electron chi connectivity index (χ4n) is 2.24. The van der Waals surface area contributed by atoms with Crippen molar-refractivity contribution in [2.45, 2.75) is 0 Å². The largest absolute Gasteiger partial charge is 0.492 e. The quantitative estimate of drug-likeness (QED) is 0.645. The number of amides is 1. The van der Waals surface area contributed by atoms with E-state index in [-0.39, 0.29) is 24.5 Å². The SMILES string of the molecule is O=C(NCCOc1ccc(F)c(F)c1)c1cc(-c2ccncc2)n[nH]c1=O. The van der Waals surface area contributed by atoms with Gasteiger partial charge in [-0.3, -0.25) is 14.6 Å². The first-order valence-corrected chi connectivity index (χ1v) is 7.91. The van der Waals surface area contributed by atoms with Gasteiger partial charge in [-0.25, -0.2) is 13.9 Å². The van der Waals surface area contributed by atoms with Crippen LogP contribution >= 0.6 is 0 Å². The van der Waals surface area contributed by atoms with Gasteiger partial charge in [0.15, 0.2) is 11.6 Å². The Hall–Kier alpha value is -3.62. The fraction of sp³-hybridized carbons (Fsp3) is 0.111. The molecule has 7 nitrogen and oxygen atoms in total. The highest BCUT2D eigenvalue weighted by Gasteiger charge is 2.13. The van der Waals surface area contributed by atoms with E-state index >= 15 is 0 Å². The third kappa shape index (κ3) is 4.51. The van der Waals surface area contributed by atoms with Gasteiger partial charge in [0.2, 0.25) is 0 Å². The normalized spacial score (nSPS) is 10.4. The maximum Gasteiger partial charge on any atom is 0.277 e. The molecule has 0 aliphatic rings. The summed E-state index contributed by atoms with van der Waals surface area (Å²) >= 11 is 0. The summed E-state index contributed by atoms with van der Waals surface area (Å²) in [5, 5.41) is 8.71. The summed E-state index contributed by atoms with van der Waals surface area (Å²) in [6.45, 7) is 0.0706. The number of ether oxygens (including phenoxy) is 1. The molecule has 0 bridgehead atoms. The lowest BCUT2D eigenvalue weighted by atomic mass is 10.1. The molecule has 0 atom stereocenters. The fourth-order valence-corrected chi connectivity index (χ4v) is 2.24. The number of pyridine rings is 1. The minimum atomic E-state index is -1.02. The van der Waals surface area contributed by atoms with Gasteiger partial charge in [0, 0.05) is 24.0 Å². The van der Waals surface area contributed by atoms with Crippen molar-refractivity contribution in [2.75, 3.05) is 13.2 Å². The van der Waals surface area contributed by atoms with E-state index in [2.05, 4.69) is 20.5 Å². The molecule has 2 N–H and O–H groups in total. The molecular weight excluding hydrogens is 358 g/mol. The molecule has 3 aromatic rings. The van der Waals surface area contributed by atoms with Crippen LogP contribution in [0.3, 0.4) is 0 Å². The Morgan fingerprint density at radius 3 is 2.63 bits per heavy atom. The smallest absolute Gasteiger partial charge is 0.277 e. The van der Waals surface area contributed by atoms with Gasteiger partial charge in [0.05, 0.1) is 12.2 Å². The number of aromatic amines is 1. The van der Waals surface area contributed by atoms with Crippen LogP contribution in [0.4, 0.5) is 8.78 Å². The Morgan fingerprint density at radius 1 is 1.11 bits per heavy atom. The van der Waals surface area contributed by atoms with Crippen molar-refractivity contribution in [3.8, 4) is 17.0 Å². The molecule has 3 rings (SSSR count).